The number of carbonyl (C=O) groups excluding carboxylic acids is 1. The van der Waals surface area contributed by atoms with Crippen LogP contribution in [0.3, 0.4) is 0 Å². The van der Waals surface area contributed by atoms with E-state index in [0.717, 1.165) is 56.2 Å². The smallest absolute Gasteiger partial charge is 0.259 e. The van der Waals surface area contributed by atoms with Gasteiger partial charge in [0.2, 0.25) is 10.3 Å². The number of rotatable bonds is 10. The van der Waals surface area contributed by atoms with Crippen LogP contribution >= 0.6 is 33.9 Å². The van der Waals surface area contributed by atoms with E-state index in [4.69, 9.17) is 9.47 Å². The molecule has 2 saturated heterocycles. The molecule has 2 N–H and O–H groups in total. The maximum Gasteiger partial charge on any atom is 0.259 e. The number of hydrogen-bond donors (Lipinski definition) is 2. The number of carbonyl (C=O) groups is 1. The van der Waals surface area contributed by atoms with Gasteiger partial charge in [-0.05, 0) is 42.2 Å². The first-order valence-corrected chi connectivity index (χ1v) is 14.1. The zero-order valence-electron chi connectivity index (χ0n) is 20.6. The highest BCUT2D eigenvalue weighted by molar-refractivity contribution is 14.1. The third kappa shape index (κ3) is 6.21. The fraction of sp³-hybridized carbons (Fsp3) is 0.458. The van der Waals surface area contributed by atoms with Crippen molar-refractivity contribution in [1.29, 1.82) is 0 Å². The van der Waals surface area contributed by atoms with E-state index >= 15 is 0 Å². The van der Waals surface area contributed by atoms with Gasteiger partial charge in [-0.15, -0.1) is 15.3 Å². The van der Waals surface area contributed by atoms with Gasteiger partial charge in [0.1, 0.15) is 5.75 Å². The molecule has 0 spiro atoms. The average Bonchev–Trinajstić information content (AvgIpc) is 3.56. The van der Waals surface area contributed by atoms with Gasteiger partial charge in [-0.25, -0.2) is 0 Å². The molecule has 0 unspecified atom stereocenters. The van der Waals surface area contributed by atoms with Crippen LogP contribution in [-0.4, -0.2) is 77.2 Å². The molecular weight excluding hydrogens is 607 g/mol. The molecule has 2 aliphatic rings. The second-order valence-electron chi connectivity index (χ2n) is 9.05. The number of anilines is 4. The highest BCUT2D eigenvalue weighted by Gasteiger charge is 2.28. The molecule has 2 atom stereocenters. The predicted octanol–water partition coefficient (Wildman–Crippen LogP) is 3.22. The van der Waals surface area contributed by atoms with Gasteiger partial charge in [0.25, 0.3) is 5.91 Å². The first-order chi connectivity index (χ1) is 18.0. The first-order valence-electron chi connectivity index (χ1n) is 12.0. The van der Waals surface area contributed by atoms with E-state index in [1.54, 1.807) is 13.3 Å². The van der Waals surface area contributed by atoms with Gasteiger partial charge in [-0.2, -0.15) is 5.10 Å². The third-order valence-electron chi connectivity index (χ3n) is 6.49. The van der Waals surface area contributed by atoms with Crippen LogP contribution in [0.4, 0.5) is 21.8 Å². The summed E-state index contributed by atoms with van der Waals surface area (Å²) >= 11 is 3.74. The molecule has 1 amide bonds. The Morgan fingerprint density at radius 3 is 2.73 bits per heavy atom. The largest absolute Gasteiger partial charge is 0.497 e. The summed E-state index contributed by atoms with van der Waals surface area (Å²) in [6.07, 6.45) is 1.93. The Balaban J connectivity index is 1.17. The van der Waals surface area contributed by atoms with E-state index < -0.39 is 6.10 Å². The summed E-state index contributed by atoms with van der Waals surface area (Å²) in [5.74, 6) is 1.74. The third-order valence-corrected chi connectivity index (χ3v) is 8.08. The minimum Gasteiger partial charge on any atom is -0.497 e. The lowest BCUT2D eigenvalue weighted by atomic mass is 10.0. The summed E-state index contributed by atoms with van der Waals surface area (Å²) < 4.78 is 11.7. The van der Waals surface area contributed by atoms with Crippen molar-refractivity contribution in [3.63, 3.8) is 0 Å². The molecule has 196 valence electrons. The van der Waals surface area contributed by atoms with Crippen LogP contribution in [0.25, 0.3) is 0 Å². The van der Waals surface area contributed by atoms with Crippen molar-refractivity contribution in [2.75, 3.05) is 67.4 Å². The molecule has 2 aliphatic heterocycles. The van der Waals surface area contributed by atoms with Crippen molar-refractivity contribution in [2.45, 2.75) is 16.4 Å². The zero-order valence-corrected chi connectivity index (χ0v) is 23.6. The highest BCUT2D eigenvalue weighted by atomic mass is 127. The van der Waals surface area contributed by atoms with Gasteiger partial charge in [0.05, 0.1) is 7.11 Å². The Morgan fingerprint density at radius 1 is 1.16 bits per heavy atom. The van der Waals surface area contributed by atoms with E-state index in [-0.39, 0.29) is 5.91 Å². The van der Waals surface area contributed by atoms with Crippen LogP contribution in [0.1, 0.15) is 18.1 Å². The molecule has 13 heteroatoms. The maximum atomic E-state index is 13.1. The molecule has 0 bridgehead atoms. The van der Waals surface area contributed by atoms with Crippen LogP contribution in [0.5, 0.6) is 5.75 Å². The van der Waals surface area contributed by atoms with Crippen LogP contribution in [0.2, 0.25) is 0 Å². The monoisotopic (exact) mass is 636 g/mol. The topological polar surface area (TPSA) is 118 Å². The number of aromatic nitrogens is 4. The van der Waals surface area contributed by atoms with Gasteiger partial charge in [0, 0.05) is 61.7 Å². The van der Waals surface area contributed by atoms with E-state index in [1.807, 2.05) is 30.3 Å². The standard InChI is InChI=1S/C24H29IN8O3S/c1-35-19-9-16(8-18(10-19)33-13-17(25)14-33)21(36-2)22(34)28-24-31-30-23(37-24)26-11-15-5-7-32(12-15)20-4-3-6-27-29-20/h3-4,6,8-10,15,17,21H,5,7,11-14H2,1-2H3,(H,26,30)(H,28,31,34)/t15-,21-/m0/s1. The molecule has 0 radical (unpaired) electrons. The Hall–Kier alpha value is -2.78. The van der Waals surface area contributed by atoms with Crippen molar-refractivity contribution in [2.24, 2.45) is 5.92 Å². The lowest BCUT2D eigenvalue weighted by molar-refractivity contribution is -0.126. The number of halogens is 1. The molecule has 4 heterocycles. The van der Waals surface area contributed by atoms with Crippen LogP contribution < -0.4 is 25.2 Å². The highest BCUT2D eigenvalue weighted by Crippen LogP contribution is 2.33. The molecule has 5 rings (SSSR count). The second-order valence-corrected chi connectivity index (χ2v) is 11.8. The van der Waals surface area contributed by atoms with Crippen LogP contribution in [0, 0.1) is 5.92 Å². The number of methoxy groups -OCH3 is 2. The lowest BCUT2D eigenvalue weighted by Gasteiger charge is -2.38. The minimum atomic E-state index is -0.809. The maximum absolute atomic E-state index is 13.1. The van der Waals surface area contributed by atoms with E-state index in [2.05, 4.69) is 63.4 Å². The predicted molar refractivity (Wildman–Crippen MR) is 152 cm³/mol. The quantitative estimate of drug-likeness (QED) is 0.254. The molecule has 3 aromatic rings. The second kappa shape index (κ2) is 11.7. The normalized spacial score (nSPS) is 18.4. The average molecular weight is 637 g/mol. The van der Waals surface area contributed by atoms with Crippen molar-refractivity contribution in [3.8, 4) is 5.75 Å². The zero-order chi connectivity index (χ0) is 25.8. The lowest BCUT2D eigenvalue weighted by Crippen LogP contribution is -2.47. The van der Waals surface area contributed by atoms with Gasteiger partial charge >= 0.3 is 0 Å². The SMILES string of the molecule is COc1cc([C@H](OC)C(=O)Nc2nnc(NC[C@@H]3CCN(c4cccnn4)C3)s2)cc(N2CC(I)C2)c1. The molecule has 0 aliphatic carbocycles. The van der Waals surface area contributed by atoms with Crippen molar-refractivity contribution >= 4 is 61.6 Å². The number of nitrogens with one attached hydrogen (secondary N) is 2. The van der Waals surface area contributed by atoms with E-state index in [0.29, 0.717) is 25.9 Å². The fourth-order valence-corrected chi connectivity index (χ4v) is 6.11. The summed E-state index contributed by atoms with van der Waals surface area (Å²) in [5.41, 5.74) is 1.74. The molecule has 1 aromatic carbocycles. The summed E-state index contributed by atoms with van der Waals surface area (Å²) in [6.45, 7) is 4.56. The van der Waals surface area contributed by atoms with Crippen molar-refractivity contribution < 1.29 is 14.3 Å². The number of ether oxygens (including phenoxy) is 2. The van der Waals surface area contributed by atoms with Gasteiger partial charge in [0.15, 0.2) is 11.9 Å². The summed E-state index contributed by atoms with van der Waals surface area (Å²) in [7, 11) is 3.14. The molecule has 11 nitrogen and oxygen atoms in total. The summed E-state index contributed by atoms with van der Waals surface area (Å²) in [6, 6.07) is 9.68. The van der Waals surface area contributed by atoms with Gasteiger partial charge in [-0.1, -0.05) is 33.9 Å². The molecule has 37 heavy (non-hydrogen) atoms. The van der Waals surface area contributed by atoms with Crippen molar-refractivity contribution in [3.05, 3.63) is 42.1 Å². The Bertz CT molecular complexity index is 1210. The summed E-state index contributed by atoms with van der Waals surface area (Å²) in [4.78, 5) is 17.6. The Labute approximate surface area is 233 Å². The summed E-state index contributed by atoms with van der Waals surface area (Å²) in [5, 5.41) is 23.8. The first kappa shape index (κ1) is 25.9. The van der Waals surface area contributed by atoms with Crippen LogP contribution in [-0.2, 0) is 9.53 Å². The number of nitrogens with zero attached hydrogens (tertiary/aromatic N) is 6. The number of benzene rings is 1. The van der Waals surface area contributed by atoms with Gasteiger partial charge in [-0.3, -0.25) is 10.1 Å². The van der Waals surface area contributed by atoms with Crippen molar-refractivity contribution in [1.82, 2.24) is 20.4 Å². The van der Waals surface area contributed by atoms with E-state index in [1.165, 1.54) is 18.4 Å². The minimum absolute atomic E-state index is 0.310. The Kier molecular flexibility index (Phi) is 8.20. The Morgan fingerprint density at radius 2 is 2.00 bits per heavy atom. The molecule has 0 saturated carbocycles. The van der Waals surface area contributed by atoms with Crippen LogP contribution in [0.15, 0.2) is 36.5 Å². The number of alkyl halides is 1. The fourth-order valence-electron chi connectivity index (χ4n) is 4.50. The van der Waals surface area contributed by atoms with E-state index in [9.17, 15) is 4.79 Å². The number of hydrogen-bond acceptors (Lipinski definition) is 11. The molecular formula is C24H29IN8O3S. The molecule has 2 fully saturated rings. The number of amides is 1. The molecule has 2 aromatic heterocycles. The van der Waals surface area contributed by atoms with Gasteiger partial charge < -0.3 is 24.6 Å².